The molecule has 0 radical (unpaired) electrons. The van der Waals surface area contributed by atoms with Crippen molar-refractivity contribution in [3.63, 3.8) is 0 Å². The third-order valence-electron chi connectivity index (χ3n) is 2.57. The fourth-order valence-corrected chi connectivity index (χ4v) is 1.80. The molecule has 1 aromatic rings. The van der Waals surface area contributed by atoms with Crippen molar-refractivity contribution in [1.29, 1.82) is 0 Å². The van der Waals surface area contributed by atoms with Crippen molar-refractivity contribution in [2.24, 2.45) is 5.92 Å². The van der Waals surface area contributed by atoms with Gasteiger partial charge in [0.2, 0.25) is 5.95 Å². The average molecular weight is 242 g/mol. The fourth-order valence-electron chi connectivity index (χ4n) is 1.58. The van der Waals surface area contributed by atoms with Crippen molar-refractivity contribution in [1.82, 2.24) is 14.8 Å². The summed E-state index contributed by atoms with van der Waals surface area (Å²) in [6, 6.07) is 0. The second-order valence-electron chi connectivity index (χ2n) is 4.58. The van der Waals surface area contributed by atoms with Crippen LogP contribution in [0, 0.1) is 10.7 Å². The number of anilines is 1. The van der Waals surface area contributed by atoms with Crippen LogP contribution >= 0.6 is 12.2 Å². The summed E-state index contributed by atoms with van der Waals surface area (Å²) < 4.78 is 2.78. The van der Waals surface area contributed by atoms with Gasteiger partial charge in [-0.15, -0.1) is 5.10 Å². The summed E-state index contributed by atoms with van der Waals surface area (Å²) >= 11 is 5.21. The molecule has 0 aliphatic heterocycles. The van der Waals surface area contributed by atoms with E-state index in [1.54, 1.807) is 0 Å². The fraction of sp³-hybridized carbons (Fsp3) is 0.818. The van der Waals surface area contributed by atoms with Crippen molar-refractivity contribution in [3.8, 4) is 0 Å². The monoisotopic (exact) mass is 242 g/mol. The smallest absolute Gasteiger partial charge is 0.225 e. The zero-order valence-electron chi connectivity index (χ0n) is 10.7. The Morgan fingerprint density at radius 2 is 2.19 bits per heavy atom. The Morgan fingerprint density at radius 1 is 1.50 bits per heavy atom. The number of nitrogens with zero attached hydrogens (tertiary/aromatic N) is 3. The molecule has 0 amide bonds. The lowest BCUT2D eigenvalue weighted by Crippen LogP contribution is -2.23. The van der Waals surface area contributed by atoms with Gasteiger partial charge in [0.25, 0.3) is 0 Å². The number of aromatic nitrogens is 3. The Hall–Kier alpha value is -0.840. The van der Waals surface area contributed by atoms with Crippen LogP contribution in [0.15, 0.2) is 0 Å². The third-order valence-corrected chi connectivity index (χ3v) is 2.88. The van der Waals surface area contributed by atoms with Gasteiger partial charge in [0.1, 0.15) is 0 Å². The number of H-pyrrole nitrogens is 1. The van der Waals surface area contributed by atoms with Crippen LogP contribution in [0.1, 0.15) is 33.6 Å². The van der Waals surface area contributed by atoms with Gasteiger partial charge >= 0.3 is 0 Å². The van der Waals surface area contributed by atoms with E-state index in [9.17, 15) is 0 Å². The molecule has 0 unspecified atom stereocenters. The van der Waals surface area contributed by atoms with Crippen LogP contribution in [0.5, 0.6) is 0 Å². The molecule has 0 aliphatic carbocycles. The highest BCUT2D eigenvalue weighted by Gasteiger charge is 2.10. The van der Waals surface area contributed by atoms with Gasteiger partial charge in [-0.2, -0.15) is 0 Å². The molecule has 92 valence electrons. The van der Waals surface area contributed by atoms with Crippen LogP contribution in [-0.4, -0.2) is 28.4 Å². The topological polar surface area (TPSA) is 36.9 Å². The summed E-state index contributed by atoms with van der Waals surface area (Å²) in [7, 11) is 2.07. The molecular weight excluding hydrogens is 220 g/mol. The SMILES string of the molecule is CCCn1c(N(C)CCC(C)C)n[nH]c1=S. The molecule has 16 heavy (non-hydrogen) atoms. The highest BCUT2D eigenvalue weighted by Crippen LogP contribution is 2.12. The highest BCUT2D eigenvalue weighted by molar-refractivity contribution is 7.71. The highest BCUT2D eigenvalue weighted by atomic mass is 32.1. The van der Waals surface area contributed by atoms with E-state index >= 15 is 0 Å². The normalized spacial score (nSPS) is 11.1. The molecule has 0 aromatic carbocycles. The third kappa shape index (κ3) is 3.33. The van der Waals surface area contributed by atoms with E-state index in [0.29, 0.717) is 10.7 Å². The van der Waals surface area contributed by atoms with Crippen LogP contribution in [0.3, 0.4) is 0 Å². The summed E-state index contributed by atoms with van der Waals surface area (Å²) in [6.45, 7) is 8.55. The van der Waals surface area contributed by atoms with Crippen LogP contribution < -0.4 is 4.90 Å². The number of rotatable bonds is 6. The van der Waals surface area contributed by atoms with Gasteiger partial charge < -0.3 is 4.90 Å². The van der Waals surface area contributed by atoms with Gasteiger partial charge in [-0.1, -0.05) is 20.8 Å². The van der Waals surface area contributed by atoms with E-state index in [4.69, 9.17) is 12.2 Å². The minimum absolute atomic E-state index is 0.712. The lowest BCUT2D eigenvalue weighted by Gasteiger charge is -2.19. The van der Waals surface area contributed by atoms with E-state index in [1.807, 2.05) is 0 Å². The summed E-state index contributed by atoms with van der Waals surface area (Å²) in [5, 5.41) is 7.15. The molecule has 0 atom stereocenters. The largest absolute Gasteiger partial charge is 0.344 e. The van der Waals surface area contributed by atoms with Crippen molar-refractivity contribution in [2.45, 2.75) is 40.2 Å². The summed E-state index contributed by atoms with van der Waals surface area (Å²) in [6.07, 6.45) is 2.24. The first-order valence-electron chi connectivity index (χ1n) is 5.92. The summed E-state index contributed by atoms with van der Waals surface area (Å²) in [5.41, 5.74) is 0. The van der Waals surface area contributed by atoms with Crippen molar-refractivity contribution in [3.05, 3.63) is 4.77 Å². The lowest BCUT2D eigenvalue weighted by atomic mass is 10.1. The molecule has 4 nitrogen and oxygen atoms in total. The molecule has 1 heterocycles. The Morgan fingerprint density at radius 3 is 2.75 bits per heavy atom. The minimum atomic E-state index is 0.712. The van der Waals surface area contributed by atoms with E-state index in [0.717, 1.165) is 25.5 Å². The Balaban J connectivity index is 2.74. The van der Waals surface area contributed by atoms with Gasteiger partial charge in [-0.25, -0.2) is 5.10 Å². The van der Waals surface area contributed by atoms with Crippen molar-refractivity contribution in [2.75, 3.05) is 18.5 Å². The van der Waals surface area contributed by atoms with Gasteiger partial charge in [0, 0.05) is 20.1 Å². The number of nitrogens with one attached hydrogen (secondary N) is 1. The van der Waals surface area contributed by atoms with Crippen LogP contribution in [0.4, 0.5) is 5.95 Å². The Kier molecular flexibility index (Phi) is 4.99. The molecule has 0 bridgehead atoms. The van der Waals surface area contributed by atoms with Crippen LogP contribution in [0.25, 0.3) is 0 Å². The maximum Gasteiger partial charge on any atom is 0.225 e. The summed E-state index contributed by atoms with van der Waals surface area (Å²) in [5.74, 6) is 1.66. The van der Waals surface area contributed by atoms with Gasteiger partial charge in [-0.3, -0.25) is 4.57 Å². The number of hydrogen-bond donors (Lipinski definition) is 1. The van der Waals surface area contributed by atoms with Crippen molar-refractivity contribution >= 4 is 18.2 Å². The van der Waals surface area contributed by atoms with Crippen LogP contribution in [0.2, 0.25) is 0 Å². The lowest BCUT2D eigenvalue weighted by molar-refractivity contribution is 0.572. The second kappa shape index (κ2) is 6.03. The number of hydrogen-bond acceptors (Lipinski definition) is 3. The van der Waals surface area contributed by atoms with E-state index in [2.05, 4.69) is 47.5 Å². The Labute approximate surface area is 103 Å². The number of aromatic amines is 1. The molecule has 0 saturated carbocycles. The van der Waals surface area contributed by atoms with E-state index in [-0.39, 0.29) is 0 Å². The first-order chi connectivity index (χ1) is 7.56. The molecule has 5 heteroatoms. The predicted molar refractivity (Wildman–Crippen MR) is 70.4 cm³/mol. The summed E-state index contributed by atoms with van der Waals surface area (Å²) in [4.78, 5) is 2.17. The molecular formula is C11H22N4S. The van der Waals surface area contributed by atoms with E-state index in [1.165, 1.54) is 6.42 Å². The van der Waals surface area contributed by atoms with Crippen molar-refractivity contribution < 1.29 is 0 Å². The first kappa shape index (κ1) is 13.2. The molecule has 0 spiro atoms. The molecule has 1 aromatic heterocycles. The Bertz CT molecular complexity index is 366. The molecule has 0 fully saturated rings. The quantitative estimate of drug-likeness (QED) is 0.779. The molecule has 0 aliphatic rings. The first-order valence-corrected chi connectivity index (χ1v) is 6.33. The zero-order valence-corrected chi connectivity index (χ0v) is 11.5. The van der Waals surface area contributed by atoms with E-state index < -0.39 is 0 Å². The van der Waals surface area contributed by atoms with Gasteiger partial charge in [-0.05, 0) is 31.0 Å². The van der Waals surface area contributed by atoms with Crippen LogP contribution in [-0.2, 0) is 6.54 Å². The zero-order chi connectivity index (χ0) is 12.1. The molecule has 1 N–H and O–H groups in total. The predicted octanol–water partition coefficient (Wildman–Crippen LogP) is 2.83. The maximum absolute atomic E-state index is 5.21. The standard InChI is InChI=1S/C11H22N4S/c1-5-7-15-10(12-13-11(15)16)14(4)8-6-9(2)3/h9H,5-8H2,1-4H3,(H,13,16). The van der Waals surface area contributed by atoms with Gasteiger partial charge in [0.15, 0.2) is 4.77 Å². The molecule has 0 saturated heterocycles. The minimum Gasteiger partial charge on any atom is -0.344 e. The molecule has 1 rings (SSSR count). The maximum atomic E-state index is 5.21. The average Bonchev–Trinajstić information content (AvgIpc) is 2.58. The van der Waals surface area contributed by atoms with Gasteiger partial charge in [0.05, 0.1) is 0 Å². The second-order valence-corrected chi connectivity index (χ2v) is 4.97.